The van der Waals surface area contributed by atoms with Crippen molar-refractivity contribution in [1.82, 2.24) is 4.98 Å². The summed E-state index contributed by atoms with van der Waals surface area (Å²) in [5.74, 6) is -1.31. The first-order chi connectivity index (χ1) is 9.43. The predicted molar refractivity (Wildman–Crippen MR) is 65.0 cm³/mol. The molecule has 0 bridgehead atoms. The van der Waals surface area contributed by atoms with Gasteiger partial charge < -0.3 is 19.9 Å². The molecule has 9 heteroatoms. The highest BCUT2D eigenvalue weighted by atomic mass is 32.1. The monoisotopic (exact) mass is 300 g/mol. The fourth-order valence-corrected chi connectivity index (χ4v) is 2.28. The number of fused-ring (bicyclic) bond motifs is 1. The average molecular weight is 300 g/mol. The van der Waals surface area contributed by atoms with E-state index in [0.29, 0.717) is 10.8 Å². The molecule has 0 amide bonds. The second-order valence-corrected chi connectivity index (χ2v) is 4.66. The number of thiazole rings is 1. The SMILES string of the molecule is O=C(O)c1csc(Nc2ccc3c(c2)OC(F)(F)O3)n1. The molecule has 0 unspecified atom stereocenters. The van der Waals surface area contributed by atoms with Gasteiger partial charge in [0.2, 0.25) is 0 Å². The molecule has 0 saturated heterocycles. The van der Waals surface area contributed by atoms with Crippen LogP contribution in [-0.2, 0) is 0 Å². The number of aromatic carboxylic acids is 1. The second kappa shape index (κ2) is 4.30. The van der Waals surface area contributed by atoms with Crippen molar-refractivity contribution in [3.63, 3.8) is 0 Å². The van der Waals surface area contributed by atoms with E-state index in [9.17, 15) is 13.6 Å². The third-order valence-electron chi connectivity index (χ3n) is 2.38. The molecule has 0 atom stereocenters. The molecule has 1 aromatic heterocycles. The number of nitrogens with one attached hydrogen (secondary N) is 1. The highest BCUT2D eigenvalue weighted by Crippen LogP contribution is 2.42. The number of aromatic nitrogens is 1. The third-order valence-corrected chi connectivity index (χ3v) is 3.13. The van der Waals surface area contributed by atoms with E-state index in [1.165, 1.54) is 23.6 Å². The van der Waals surface area contributed by atoms with Gasteiger partial charge in [-0.25, -0.2) is 9.78 Å². The largest absolute Gasteiger partial charge is 0.586 e. The maximum absolute atomic E-state index is 12.8. The molecular weight excluding hydrogens is 294 g/mol. The van der Waals surface area contributed by atoms with E-state index in [0.717, 1.165) is 11.3 Å². The number of halogens is 2. The Kier molecular flexibility index (Phi) is 2.71. The fourth-order valence-electron chi connectivity index (χ4n) is 1.58. The Morgan fingerprint density at radius 2 is 2.10 bits per heavy atom. The third kappa shape index (κ3) is 2.35. The maximum atomic E-state index is 12.8. The van der Waals surface area contributed by atoms with Gasteiger partial charge in [-0.2, -0.15) is 0 Å². The van der Waals surface area contributed by atoms with Gasteiger partial charge in [0, 0.05) is 17.1 Å². The van der Waals surface area contributed by atoms with Gasteiger partial charge in [0.1, 0.15) is 0 Å². The fraction of sp³-hybridized carbons (Fsp3) is 0.0909. The molecule has 1 aliphatic rings. The molecule has 2 aromatic rings. The zero-order valence-electron chi connectivity index (χ0n) is 9.59. The van der Waals surface area contributed by atoms with Crippen LogP contribution in [-0.4, -0.2) is 22.4 Å². The first-order valence-electron chi connectivity index (χ1n) is 5.29. The van der Waals surface area contributed by atoms with Crippen LogP contribution in [0.3, 0.4) is 0 Å². The molecule has 0 fully saturated rings. The van der Waals surface area contributed by atoms with Crippen molar-refractivity contribution in [3.8, 4) is 11.5 Å². The number of ether oxygens (including phenoxy) is 2. The lowest BCUT2D eigenvalue weighted by atomic mass is 10.3. The lowest BCUT2D eigenvalue weighted by Gasteiger charge is -2.04. The quantitative estimate of drug-likeness (QED) is 0.907. The summed E-state index contributed by atoms with van der Waals surface area (Å²) in [5.41, 5.74) is 0.334. The normalized spacial score (nSPS) is 15.1. The number of rotatable bonds is 3. The molecule has 0 radical (unpaired) electrons. The van der Waals surface area contributed by atoms with Gasteiger partial charge >= 0.3 is 12.3 Å². The van der Waals surface area contributed by atoms with Crippen LogP contribution in [0, 0.1) is 0 Å². The highest BCUT2D eigenvalue weighted by molar-refractivity contribution is 7.14. The number of anilines is 2. The van der Waals surface area contributed by atoms with Crippen molar-refractivity contribution < 1.29 is 28.2 Å². The summed E-state index contributed by atoms with van der Waals surface area (Å²) < 4.78 is 34.3. The summed E-state index contributed by atoms with van der Waals surface area (Å²) in [6.07, 6.45) is -3.67. The standard InChI is InChI=1S/C11H6F2N2O4S/c12-11(13)18-7-2-1-5(3-8(7)19-11)14-10-15-6(4-20-10)9(16)17/h1-4H,(H,14,15)(H,16,17). The van der Waals surface area contributed by atoms with E-state index in [4.69, 9.17) is 5.11 Å². The van der Waals surface area contributed by atoms with Crippen molar-refractivity contribution in [1.29, 1.82) is 0 Å². The van der Waals surface area contributed by atoms with Crippen LogP contribution in [0.5, 0.6) is 11.5 Å². The number of hydrogen-bond donors (Lipinski definition) is 2. The number of carboxylic acid groups (broad SMARTS) is 1. The van der Waals surface area contributed by atoms with Crippen LogP contribution in [0.15, 0.2) is 23.6 Å². The topological polar surface area (TPSA) is 80.7 Å². The van der Waals surface area contributed by atoms with Crippen LogP contribution in [0.4, 0.5) is 19.6 Å². The molecule has 0 spiro atoms. The summed E-state index contributed by atoms with van der Waals surface area (Å²) in [6, 6.07) is 4.13. The Morgan fingerprint density at radius 3 is 2.80 bits per heavy atom. The molecule has 0 saturated carbocycles. The highest BCUT2D eigenvalue weighted by Gasteiger charge is 2.43. The second-order valence-electron chi connectivity index (χ2n) is 3.80. The van der Waals surface area contributed by atoms with Crippen molar-refractivity contribution >= 4 is 28.1 Å². The summed E-state index contributed by atoms with van der Waals surface area (Å²) >= 11 is 1.08. The Balaban J connectivity index is 1.81. The Labute approximate surface area is 114 Å². The van der Waals surface area contributed by atoms with Crippen molar-refractivity contribution in [2.45, 2.75) is 6.29 Å². The number of benzene rings is 1. The van der Waals surface area contributed by atoms with Crippen LogP contribution in [0.1, 0.15) is 10.5 Å². The molecular formula is C11H6F2N2O4S. The van der Waals surface area contributed by atoms with E-state index in [1.54, 1.807) is 0 Å². The predicted octanol–water partition coefficient (Wildman–Crippen LogP) is 2.91. The first kappa shape index (κ1) is 12.6. The van der Waals surface area contributed by atoms with E-state index >= 15 is 0 Å². The molecule has 2 heterocycles. The van der Waals surface area contributed by atoms with Gasteiger partial charge in [0.25, 0.3) is 0 Å². The van der Waals surface area contributed by atoms with Gasteiger partial charge in [-0.15, -0.1) is 20.1 Å². The number of carbonyl (C=O) groups is 1. The van der Waals surface area contributed by atoms with Crippen LogP contribution >= 0.6 is 11.3 Å². The number of carboxylic acids is 1. The molecule has 3 rings (SSSR count). The Bertz CT molecular complexity index is 689. The lowest BCUT2D eigenvalue weighted by Crippen LogP contribution is -2.25. The smallest absolute Gasteiger partial charge is 0.476 e. The van der Waals surface area contributed by atoms with Crippen molar-refractivity contribution in [2.75, 3.05) is 5.32 Å². The summed E-state index contributed by atoms with van der Waals surface area (Å²) in [4.78, 5) is 14.5. The van der Waals surface area contributed by atoms with E-state index in [-0.39, 0.29) is 17.2 Å². The number of alkyl halides is 2. The Hall–Kier alpha value is -2.42. The molecule has 104 valence electrons. The van der Waals surface area contributed by atoms with E-state index in [1.807, 2.05) is 0 Å². The zero-order chi connectivity index (χ0) is 14.3. The van der Waals surface area contributed by atoms with Gasteiger partial charge in [0.15, 0.2) is 22.3 Å². The molecule has 1 aromatic carbocycles. The van der Waals surface area contributed by atoms with Crippen LogP contribution < -0.4 is 14.8 Å². The molecule has 6 nitrogen and oxygen atoms in total. The van der Waals surface area contributed by atoms with Crippen LogP contribution in [0.25, 0.3) is 0 Å². The lowest BCUT2D eigenvalue weighted by molar-refractivity contribution is -0.286. The summed E-state index contributed by atoms with van der Waals surface area (Å²) in [5, 5.41) is 13.2. The minimum Gasteiger partial charge on any atom is -0.476 e. The first-order valence-corrected chi connectivity index (χ1v) is 6.17. The Morgan fingerprint density at radius 1 is 1.35 bits per heavy atom. The average Bonchev–Trinajstić information content (AvgIpc) is 2.91. The van der Waals surface area contributed by atoms with Crippen LogP contribution in [0.2, 0.25) is 0 Å². The van der Waals surface area contributed by atoms with E-state index < -0.39 is 12.3 Å². The summed E-state index contributed by atoms with van der Waals surface area (Å²) in [7, 11) is 0. The van der Waals surface area contributed by atoms with Gasteiger partial charge in [0.05, 0.1) is 0 Å². The maximum Gasteiger partial charge on any atom is 0.586 e. The van der Waals surface area contributed by atoms with Crippen molar-refractivity contribution in [2.24, 2.45) is 0 Å². The van der Waals surface area contributed by atoms with E-state index in [2.05, 4.69) is 19.8 Å². The summed E-state index contributed by atoms with van der Waals surface area (Å²) in [6.45, 7) is 0. The molecule has 2 N–H and O–H groups in total. The van der Waals surface area contributed by atoms with Crippen molar-refractivity contribution in [3.05, 3.63) is 29.3 Å². The number of nitrogens with zero attached hydrogens (tertiary/aromatic N) is 1. The van der Waals surface area contributed by atoms with Gasteiger partial charge in [-0.3, -0.25) is 0 Å². The minimum atomic E-state index is -3.67. The van der Waals surface area contributed by atoms with Gasteiger partial charge in [-0.05, 0) is 12.1 Å². The minimum absolute atomic E-state index is 0.0640. The van der Waals surface area contributed by atoms with Gasteiger partial charge in [-0.1, -0.05) is 0 Å². The molecule has 1 aliphatic heterocycles. The number of hydrogen-bond acceptors (Lipinski definition) is 6. The molecule has 20 heavy (non-hydrogen) atoms. The molecule has 0 aliphatic carbocycles. The zero-order valence-corrected chi connectivity index (χ0v) is 10.4.